The van der Waals surface area contributed by atoms with Crippen LogP contribution in [-0.2, 0) is 10.8 Å². The van der Waals surface area contributed by atoms with Gasteiger partial charge in [-0.15, -0.1) is 0 Å². The van der Waals surface area contributed by atoms with E-state index in [1.165, 1.54) is 45.0 Å². The van der Waals surface area contributed by atoms with Crippen molar-refractivity contribution in [3.63, 3.8) is 0 Å². The highest BCUT2D eigenvalue weighted by molar-refractivity contribution is 9.10. The highest BCUT2D eigenvalue weighted by atomic mass is 79.9. The van der Waals surface area contributed by atoms with Gasteiger partial charge < -0.3 is 10.2 Å². The Morgan fingerprint density at radius 3 is 1.24 bits per heavy atom. The third-order valence-electron chi connectivity index (χ3n) is 14.5. The zero-order valence-electron chi connectivity index (χ0n) is 42.1. The number of benzene rings is 8. The van der Waals surface area contributed by atoms with Crippen LogP contribution >= 0.6 is 15.9 Å². The smallest absolute Gasteiger partial charge is 0.145 e. The predicted molar refractivity (Wildman–Crippen MR) is 318 cm³/mol. The quantitative estimate of drug-likeness (QED) is 0.185. The summed E-state index contributed by atoms with van der Waals surface area (Å²) in [5, 5.41) is 3.50. The molecule has 76 heavy (non-hydrogen) atoms. The maximum Gasteiger partial charge on any atom is 0.145 e. The minimum Gasteiger partial charge on any atom is -0.355 e. The summed E-state index contributed by atoms with van der Waals surface area (Å²) in [6.07, 6.45) is 7.25. The standard InChI is InChI=1S/C33H26N4.C18H12BrN3.C15H15N.CH4/c1-33(2)26-12-6-8-14-29(26)36(30-15-9-7-13-27(30)33)25-18-16-23(17-19-25)32-35-28-22-34-21-20-31(28)37(32)24-10-4-3-5-11-24;19-14-8-6-13(7-9-14)18-21-16-12-20-11-10-17(16)22(18)15-4-2-1-3-5-15;1-15(2)11-7-3-5-9-13(11)16-14-10-6-4-8-12(14)15;/h3-22H,1-2H3;1-12H;3-10,16H,1-2H3;1H4. The van der Waals surface area contributed by atoms with Crippen LogP contribution in [0.1, 0.15) is 57.4 Å². The second-order valence-electron chi connectivity index (χ2n) is 19.8. The van der Waals surface area contributed by atoms with Crippen LogP contribution in [0.4, 0.5) is 28.4 Å². The van der Waals surface area contributed by atoms with Crippen LogP contribution in [0.25, 0.3) is 56.2 Å². The van der Waals surface area contributed by atoms with E-state index in [9.17, 15) is 0 Å². The summed E-state index contributed by atoms with van der Waals surface area (Å²) in [7, 11) is 0. The number of pyridine rings is 2. The average molecular weight is 1050 g/mol. The summed E-state index contributed by atoms with van der Waals surface area (Å²) in [6.45, 7) is 9.19. The monoisotopic (exact) mass is 1050 g/mol. The number of imidazole rings is 2. The molecule has 8 aromatic carbocycles. The Hall–Kier alpha value is -8.92. The molecule has 12 aromatic rings. The molecule has 0 amide bonds. The molecule has 8 nitrogen and oxygen atoms in total. The van der Waals surface area contributed by atoms with Gasteiger partial charge >= 0.3 is 0 Å². The van der Waals surface area contributed by atoms with Gasteiger partial charge in [0.2, 0.25) is 0 Å². The van der Waals surface area contributed by atoms with Gasteiger partial charge in [-0.2, -0.15) is 0 Å². The lowest BCUT2D eigenvalue weighted by molar-refractivity contribution is 0.632. The maximum absolute atomic E-state index is 4.98. The van der Waals surface area contributed by atoms with Gasteiger partial charge in [-0.1, -0.05) is 172 Å². The minimum atomic E-state index is -0.0712. The summed E-state index contributed by atoms with van der Waals surface area (Å²) >= 11 is 3.48. The topological polar surface area (TPSA) is 76.7 Å². The number of hydrogen-bond acceptors (Lipinski definition) is 6. The van der Waals surface area contributed by atoms with Crippen molar-refractivity contribution < 1.29 is 0 Å². The number of halogens is 1. The molecule has 0 saturated heterocycles. The largest absolute Gasteiger partial charge is 0.355 e. The van der Waals surface area contributed by atoms with Crippen molar-refractivity contribution in [2.75, 3.05) is 10.2 Å². The fraction of sp³-hybridized carbons (Fsp3) is 0.104. The molecule has 2 aliphatic heterocycles. The first kappa shape index (κ1) is 49.3. The molecular formula is C67H57BrN8. The number of nitrogens with one attached hydrogen (secondary N) is 1. The van der Waals surface area contributed by atoms with E-state index in [-0.39, 0.29) is 18.3 Å². The van der Waals surface area contributed by atoms with Crippen LogP contribution in [0.2, 0.25) is 0 Å². The molecule has 0 bridgehead atoms. The number of rotatable bonds is 5. The van der Waals surface area contributed by atoms with E-state index >= 15 is 0 Å². The highest BCUT2D eigenvalue weighted by Crippen LogP contribution is 2.52. The molecule has 0 unspecified atom stereocenters. The molecule has 0 aliphatic carbocycles. The van der Waals surface area contributed by atoms with Crippen LogP contribution in [0.3, 0.4) is 0 Å². The zero-order valence-corrected chi connectivity index (χ0v) is 43.7. The predicted octanol–water partition coefficient (Wildman–Crippen LogP) is 17.8. The zero-order chi connectivity index (χ0) is 51.1. The van der Waals surface area contributed by atoms with E-state index in [1.807, 2.05) is 60.9 Å². The summed E-state index contributed by atoms with van der Waals surface area (Å²) in [6, 6.07) is 76.2. The molecule has 2 aliphatic rings. The van der Waals surface area contributed by atoms with E-state index in [0.29, 0.717) is 0 Å². The number of hydrogen-bond donors (Lipinski definition) is 1. The Kier molecular flexibility index (Phi) is 13.2. The summed E-state index contributed by atoms with van der Waals surface area (Å²) in [4.78, 5) is 20.6. The molecule has 6 heterocycles. The molecule has 14 rings (SSSR count). The first-order valence-corrected chi connectivity index (χ1v) is 26.0. The van der Waals surface area contributed by atoms with Gasteiger partial charge in [0.05, 0.1) is 34.8 Å². The summed E-state index contributed by atoms with van der Waals surface area (Å²) in [5.74, 6) is 1.82. The van der Waals surface area contributed by atoms with E-state index < -0.39 is 0 Å². The Morgan fingerprint density at radius 2 is 0.776 bits per heavy atom. The van der Waals surface area contributed by atoms with E-state index in [0.717, 1.165) is 66.4 Å². The third-order valence-corrected chi connectivity index (χ3v) is 15.1. The maximum atomic E-state index is 4.98. The SMILES string of the molecule is Brc1ccc(-c2nc3cnccc3n2-c2ccccc2)cc1.C.CC1(C)c2ccccc2N(c2ccc(-c3nc4cnccc4n3-c3ccccc3)cc2)c2ccccc21.CC1(C)c2ccccc2Nc2ccccc21. The lowest BCUT2D eigenvalue weighted by Crippen LogP contribution is -2.30. The second kappa shape index (κ2) is 20.4. The molecular weight excluding hydrogens is 997 g/mol. The molecule has 0 spiro atoms. The second-order valence-corrected chi connectivity index (χ2v) is 20.7. The lowest BCUT2D eigenvalue weighted by Gasteiger charge is -2.42. The van der Waals surface area contributed by atoms with Crippen molar-refractivity contribution in [1.29, 1.82) is 0 Å². The Balaban J connectivity index is 0.000000134. The van der Waals surface area contributed by atoms with Gasteiger partial charge in [0.15, 0.2) is 0 Å². The van der Waals surface area contributed by atoms with Crippen LogP contribution in [0.15, 0.2) is 248 Å². The van der Waals surface area contributed by atoms with Crippen molar-refractivity contribution in [2.45, 2.75) is 46.0 Å². The first-order chi connectivity index (χ1) is 36.6. The van der Waals surface area contributed by atoms with Crippen LogP contribution in [0.5, 0.6) is 0 Å². The number of aromatic nitrogens is 6. The molecule has 1 N–H and O–H groups in total. The van der Waals surface area contributed by atoms with Crippen LogP contribution < -0.4 is 10.2 Å². The van der Waals surface area contributed by atoms with Crippen molar-refractivity contribution in [2.24, 2.45) is 0 Å². The Bertz CT molecular complexity index is 3900. The Morgan fingerprint density at radius 1 is 0.395 bits per heavy atom. The third kappa shape index (κ3) is 8.92. The van der Waals surface area contributed by atoms with Crippen molar-refractivity contribution in [1.82, 2.24) is 29.1 Å². The molecule has 4 aromatic heterocycles. The Labute approximate surface area is 453 Å². The van der Waals surface area contributed by atoms with E-state index in [4.69, 9.17) is 9.97 Å². The van der Waals surface area contributed by atoms with Crippen LogP contribution in [0, 0.1) is 0 Å². The molecule has 0 saturated carbocycles. The highest BCUT2D eigenvalue weighted by Gasteiger charge is 2.36. The van der Waals surface area contributed by atoms with Crippen molar-refractivity contribution in [3.05, 3.63) is 270 Å². The van der Waals surface area contributed by atoms with Gasteiger partial charge in [-0.25, -0.2) is 9.97 Å². The fourth-order valence-corrected chi connectivity index (χ4v) is 11.1. The molecule has 0 fully saturated rings. The number of para-hydroxylation sites is 6. The normalized spacial score (nSPS) is 13.2. The molecule has 0 atom stereocenters. The summed E-state index contributed by atoms with van der Waals surface area (Å²) in [5.41, 5.74) is 19.6. The number of anilines is 5. The van der Waals surface area contributed by atoms with Gasteiger partial charge in [0.25, 0.3) is 0 Å². The van der Waals surface area contributed by atoms with Crippen molar-refractivity contribution >= 4 is 66.4 Å². The van der Waals surface area contributed by atoms with Gasteiger partial charge in [0.1, 0.15) is 22.7 Å². The van der Waals surface area contributed by atoms with Crippen LogP contribution in [-0.4, -0.2) is 29.1 Å². The molecule has 372 valence electrons. The number of fused-ring (bicyclic) bond motifs is 6. The first-order valence-electron chi connectivity index (χ1n) is 25.2. The average Bonchev–Trinajstić information content (AvgIpc) is 4.06. The number of nitrogens with zero attached hydrogens (tertiary/aromatic N) is 7. The van der Waals surface area contributed by atoms with Gasteiger partial charge in [0, 0.05) is 67.3 Å². The van der Waals surface area contributed by atoms with Gasteiger partial charge in [-0.05, 0) is 119 Å². The van der Waals surface area contributed by atoms with Crippen molar-refractivity contribution in [3.8, 4) is 34.2 Å². The van der Waals surface area contributed by atoms with E-state index in [1.54, 1.807) is 12.4 Å². The molecule has 9 heteroatoms. The lowest BCUT2D eigenvalue weighted by atomic mass is 9.73. The van der Waals surface area contributed by atoms with E-state index in [2.05, 4.69) is 243 Å². The fourth-order valence-electron chi connectivity index (χ4n) is 10.8. The minimum absolute atomic E-state index is 0. The van der Waals surface area contributed by atoms with Gasteiger partial charge in [-0.3, -0.25) is 19.1 Å². The summed E-state index contributed by atoms with van der Waals surface area (Å²) < 4.78 is 5.43. The molecule has 0 radical (unpaired) electrons.